The van der Waals surface area contributed by atoms with E-state index in [9.17, 15) is 4.79 Å². The monoisotopic (exact) mass is 408 g/mol. The van der Waals surface area contributed by atoms with Gasteiger partial charge in [-0.25, -0.2) is 4.98 Å². The van der Waals surface area contributed by atoms with E-state index >= 15 is 0 Å². The van der Waals surface area contributed by atoms with Gasteiger partial charge in [0.1, 0.15) is 11.5 Å². The molecule has 5 nitrogen and oxygen atoms in total. The van der Waals surface area contributed by atoms with Gasteiger partial charge < -0.3 is 14.8 Å². The number of aryl methyl sites for hydroxylation is 2. The summed E-state index contributed by atoms with van der Waals surface area (Å²) >= 11 is 1.54. The van der Waals surface area contributed by atoms with Crippen LogP contribution in [-0.2, 0) is 23.1 Å². The van der Waals surface area contributed by atoms with E-state index in [1.54, 1.807) is 14.2 Å². The molecule has 1 heterocycles. The molecule has 2 aromatic carbocycles. The highest BCUT2D eigenvalue weighted by atomic mass is 32.1. The zero-order chi connectivity index (χ0) is 20.3. The van der Waals surface area contributed by atoms with Crippen LogP contribution in [0.25, 0.3) is 0 Å². The number of thiazole rings is 1. The number of nitrogens with zero attached hydrogens (tertiary/aromatic N) is 1. The lowest BCUT2D eigenvalue weighted by atomic mass is 9.95. The van der Waals surface area contributed by atoms with Gasteiger partial charge in [0.05, 0.1) is 19.6 Å². The van der Waals surface area contributed by atoms with Gasteiger partial charge in [-0.15, -0.1) is 11.3 Å². The molecule has 1 aliphatic carbocycles. The highest BCUT2D eigenvalue weighted by Gasteiger charge is 2.51. The summed E-state index contributed by atoms with van der Waals surface area (Å²) in [6, 6.07) is 15.8. The van der Waals surface area contributed by atoms with E-state index in [2.05, 4.69) is 16.4 Å². The van der Waals surface area contributed by atoms with Crippen molar-refractivity contribution >= 4 is 22.4 Å². The first-order valence-electron chi connectivity index (χ1n) is 9.67. The van der Waals surface area contributed by atoms with Gasteiger partial charge in [-0.05, 0) is 55.0 Å². The summed E-state index contributed by atoms with van der Waals surface area (Å²) in [4.78, 5) is 18.5. The lowest BCUT2D eigenvalue weighted by Crippen LogP contribution is -2.27. The number of methoxy groups -OCH3 is 2. The third-order valence-corrected chi connectivity index (χ3v) is 6.41. The van der Waals surface area contributed by atoms with E-state index in [4.69, 9.17) is 9.47 Å². The predicted molar refractivity (Wildman–Crippen MR) is 115 cm³/mol. The first kappa shape index (κ1) is 19.5. The molecule has 29 heavy (non-hydrogen) atoms. The van der Waals surface area contributed by atoms with Gasteiger partial charge in [-0.3, -0.25) is 4.79 Å². The number of benzene rings is 2. The Morgan fingerprint density at radius 3 is 2.52 bits per heavy atom. The highest BCUT2D eigenvalue weighted by Crippen LogP contribution is 2.49. The van der Waals surface area contributed by atoms with E-state index < -0.39 is 5.41 Å². The number of carbonyl (C=O) groups excluding carboxylic acids is 1. The molecule has 3 aromatic rings. The number of hydrogen-bond donors (Lipinski definition) is 1. The molecule has 6 heteroatoms. The summed E-state index contributed by atoms with van der Waals surface area (Å²) in [5.41, 5.74) is 1.77. The van der Waals surface area contributed by atoms with Crippen molar-refractivity contribution < 1.29 is 14.3 Å². The van der Waals surface area contributed by atoms with Crippen molar-refractivity contribution in [1.82, 2.24) is 4.98 Å². The van der Waals surface area contributed by atoms with Gasteiger partial charge in [0, 0.05) is 11.1 Å². The van der Waals surface area contributed by atoms with Crippen molar-refractivity contribution in [3.63, 3.8) is 0 Å². The molecule has 1 amide bonds. The van der Waals surface area contributed by atoms with Crippen LogP contribution in [0.1, 0.15) is 28.8 Å². The molecule has 1 saturated carbocycles. The van der Waals surface area contributed by atoms with Gasteiger partial charge >= 0.3 is 0 Å². The third kappa shape index (κ3) is 4.12. The molecule has 1 aromatic heterocycles. The van der Waals surface area contributed by atoms with Crippen LogP contribution < -0.4 is 14.8 Å². The van der Waals surface area contributed by atoms with Crippen LogP contribution in [0.15, 0.2) is 54.7 Å². The molecular weight excluding hydrogens is 384 g/mol. The molecular formula is C23H24N2O3S. The van der Waals surface area contributed by atoms with Crippen LogP contribution in [-0.4, -0.2) is 25.1 Å². The van der Waals surface area contributed by atoms with Gasteiger partial charge in [-0.2, -0.15) is 0 Å². The van der Waals surface area contributed by atoms with Crippen LogP contribution in [0, 0.1) is 0 Å². The van der Waals surface area contributed by atoms with E-state index in [0.717, 1.165) is 47.6 Å². The summed E-state index contributed by atoms with van der Waals surface area (Å²) in [5.74, 6) is 1.72. The summed E-state index contributed by atoms with van der Waals surface area (Å²) < 4.78 is 10.6. The lowest BCUT2D eigenvalue weighted by molar-refractivity contribution is -0.118. The summed E-state index contributed by atoms with van der Waals surface area (Å²) in [6.07, 6.45) is 5.30. The van der Waals surface area contributed by atoms with Crippen LogP contribution in [0.2, 0.25) is 0 Å². The van der Waals surface area contributed by atoms with Gasteiger partial charge in [-0.1, -0.05) is 30.3 Å². The fourth-order valence-corrected chi connectivity index (χ4v) is 4.35. The molecule has 0 aliphatic heterocycles. The van der Waals surface area contributed by atoms with Crippen molar-refractivity contribution in [3.8, 4) is 11.5 Å². The second kappa shape index (κ2) is 8.25. The molecule has 1 aliphatic rings. The Balaban J connectivity index is 1.39. The van der Waals surface area contributed by atoms with E-state index in [0.29, 0.717) is 5.13 Å². The fraction of sp³-hybridized carbons (Fsp3) is 0.304. The molecule has 0 unspecified atom stereocenters. The standard InChI is InChI=1S/C23H24N2O3S/c1-27-18-10-8-17(9-11-18)23(13-14-23)21(26)25-22-24-15-19(29-22)12-7-16-5-3-4-6-20(16)28-2/h3-6,8-11,15H,7,12-14H2,1-2H3,(H,24,25,26). The minimum atomic E-state index is -0.435. The van der Waals surface area contributed by atoms with Crippen molar-refractivity contribution in [2.75, 3.05) is 19.5 Å². The zero-order valence-corrected chi connectivity index (χ0v) is 17.4. The van der Waals surface area contributed by atoms with Crippen LogP contribution >= 0.6 is 11.3 Å². The Morgan fingerprint density at radius 1 is 1.07 bits per heavy atom. The van der Waals surface area contributed by atoms with E-state index in [1.165, 1.54) is 16.9 Å². The number of amides is 1. The predicted octanol–water partition coefficient (Wildman–Crippen LogP) is 4.62. The molecule has 1 fully saturated rings. The van der Waals surface area contributed by atoms with Crippen LogP contribution in [0.3, 0.4) is 0 Å². The van der Waals surface area contributed by atoms with Crippen molar-refractivity contribution in [2.24, 2.45) is 0 Å². The first-order chi connectivity index (χ1) is 14.1. The Hall–Kier alpha value is -2.86. The van der Waals surface area contributed by atoms with Crippen molar-refractivity contribution in [3.05, 3.63) is 70.7 Å². The summed E-state index contributed by atoms with van der Waals surface area (Å²) in [5, 5.41) is 3.68. The van der Waals surface area contributed by atoms with E-state index in [1.807, 2.05) is 48.7 Å². The average molecular weight is 409 g/mol. The largest absolute Gasteiger partial charge is 0.497 e. The quantitative estimate of drug-likeness (QED) is 0.591. The number of carbonyl (C=O) groups is 1. The maximum absolute atomic E-state index is 12.9. The molecule has 4 rings (SSSR count). The third-order valence-electron chi connectivity index (χ3n) is 5.43. The summed E-state index contributed by atoms with van der Waals surface area (Å²) in [7, 11) is 3.33. The lowest BCUT2D eigenvalue weighted by Gasteiger charge is -2.15. The van der Waals surface area contributed by atoms with Gasteiger partial charge in [0.2, 0.25) is 5.91 Å². The van der Waals surface area contributed by atoms with Crippen molar-refractivity contribution in [1.29, 1.82) is 0 Å². The second-order valence-electron chi connectivity index (χ2n) is 7.21. The minimum absolute atomic E-state index is 0.0216. The van der Waals surface area contributed by atoms with Gasteiger partial charge in [0.15, 0.2) is 5.13 Å². The topological polar surface area (TPSA) is 60.5 Å². The SMILES string of the molecule is COc1ccc(C2(C(=O)Nc3ncc(CCc4ccccc4OC)s3)CC2)cc1. The number of anilines is 1. The number of nitrogens with one attached hydrogen (secondary N) is 1. The van der Waals surface area contributed by atoms with Crippen molar-refractivity contribution in [2.45, 2.75) is 31.1 Å². The minimum Gasteiger partial charge on any atom is -0.497 e. The molecule has 0 radical (unpaired) electrons. The average Bonchev–Trinajstić information content (AvgIpc) is 3.47. The van der Waals surface area contributed by atoms with Crippen LogP contribution in [0.4, 0.5) is 5.13 Å². The molecule has 0 saturated heterocycles. The maximum atomic E-state index is 12.9. The molecule has 0 spiro atoms. The molecule has 150 valence electrons. The van der Waals surface area contributed by atoms with Crippen LogP contribution in [0.5, 0.6) is 11.5 Å². The number of rotatable bonds is 8. The Labute approximate surface area is 174 Å². The number of aromatic nitrogens is 1. The zero-order valence-electron chi connectivity index (χ0n) is 16.6. The Bertz CT molecular complexity index is 993. The molecule has 0 bridgehead atoms. The summed E-state index contributed by atoms with van der Waals surface area (Å²) in [6.45, 7) is 0. The highest BCUT2D eigenvalue weighted by molar-refractivity contribution is 7.15. The normalized spacial score (nSPS) is 14.3. The number of hydrogen-bond acceptors (Lipinski definition) is 5. The molecule has 1 N–H and O–H groups in total. The maximum Gasteiger partial charge on any atom is 0.236 e. The van der Waals surface area contributed by atoms with E-state index in [-0.39, 0.29) is 5.91 Å². The number of para-hydroxylation sites is 1. The first-order valence-corrected chi connectivity index (χ1v) is 10.5. The smallest absolute Gasteiger partial charge is 0.236 e. The second-order valence-corrected chi connectivity index (χ2v) is 8.32. The van der Waals surface area contributed by atoms with Gasteiger partial charge in [0.25, 0.3) is 0 Å². The fourth-order valence-electron chi connectivity index (χ4n) is 3.55. The number of ether oxygens (including phenoxy) is 2. The Morgan fingerprint density at radius 2 is 1.83 bits per heavy atom. The Kier molecular flexibility index (Phi) is 5.53. The molecule has 0 atom stereocenters.